The Morgan fingerprint density at radius 2 is 1.90 bits per heavy atom. The van der Waals surface area contributed by atoms with Crippen molar-refractivity contribution in [1.29, 1.82) is 5.26 Å². The molecule has 1 atom stereocenters. The first kappa shape index (κ1) is 21.7. The number of carbonyl (C=O) groups is 1. The standard InChI is InChI=1S/C21H21ClN4O3S/c1-3-21(20(27)24-13-12-23,15-7-9-16(22)10-8-15)26-14-11-17-18(25-30(2,28)29)5-4-6-19(17)26/h4-11,14,25H,3,13H2,1-2H3,(H,24,27). The molecule has 0 aliphatic carbocycles. The number of nitriles is 1. The first-order valence-electron chi connectivity index (χ1n) is 9.22. The van der Waals surface area contributed by atoms with Gasteiger partial charge >= 0.3 is 0 Å². The zero-order valence-electron chi connectivity index (χ0n) is 16.5. The molecule has 2 N–H and O–H groups in total. The summed E-state index contributed by atoms with van der Waals surface area (Å²) in [5.41, 5.74) is 0.635. The molecule has 0 radical (unpaired) electrons. The lowest BCUT2D eigenvalue weighted by Gasteiger charge is -2.34. The van der Waals surface area contributed by atoms with Gasteiger partial charge in [0.15, 0.2) is 0 Å². The summed E-state index contributed by atoms with van der Waals surface area (Å²) < 4.78 is 27.8. The molecule has 3 aromatic rings. The summed E-state index contributed by atoms with van der Waals surface area (Å²) in [4.78, 5) is 13.4. The second-order valence-electron chi connectivity index (χ2n) is 6.86. The van der Waals surface area contributed by atoms with Gasteiger partial charge in [0.25, 0.3) is 5.91 Å². The number of hydrogen-bond acceptors (Lipinski definition) is 4. The van der Waals surface area contributed by atoms with E-state index in [-0.39, 0.29) is 12.5 Å². The molecule has 0 aliphatic rings. The van der Waals surface area contributed by atoms with Crippen molar-refractivity contribution < 1.29 is 13.2 Å². The highest BCUT2D eigenvalue weighted by atomic mass is 35.5. The van der Waals surface area contributed by atoms with Crippen LogP contribution in [-0.4, -0.2) is 31.7 Å². The van der Waals surface area contributed by atoms with Crippen LogP contribution >= 0.6 is 11.6 Å². The van der Waals surface area contributed by atoms with Crippen LogP contribution in [0.4, 0.5) is 5.69 Å². The summed E-state index contributed by atoms with van der Waals surface area (Å²) in [5.74, 6) is -0.340. The third-order valence-corrected chi connectivity index (χ3v) is 5.82. The zero-order valence-corrected chi connectivity index (χ0v) is 18.1. The molecule has 1 heterocycles. The van der Waals surface area contributed by atoms with Crippen molar-refractivity contribution in [1.82, 2.24) is 9.88 Å². The van der Waals surface area contributed by atoms with E-state index in [1.165, 1.54) is 0 Å². The van der Waals surface area contributed by atoms with Crippen LogP contribution in [0.3, 0.4) is 0 Å². The molecular weight excluding hydrogens is 424 g/mol. The van der Waals surface area contributed by atoms with E-state index in [1.807, 2.05) is 23.6 Å². The van der Waals surface area contributed by atoms with Crippen LogP contribution in [0.1, 0.15) is 18.9 Å². The van der Waals surface area contributed by atoms with E-state index in [2.05, 4.69) is 10.0 Å². The molecule has 0 bridgehead atoms. The molecule has 7 nitrogen and oxygen atoms in total. The Bertz CT molecular complexity index is 1230. The van der Waals surface area contributed by atoms with Crippen molar-refractivity contribution in [2.75, 3.05) is 17.5 Å². The number of nitrogens with zero attached hydrogens (tertiary/aromatic N) is 2. The van der Waals surface area contributed by atoms with E-state index >= 15 is 0 Å². The van der Waals surface area contributed by atoms with Crippen molar-refractivity contribution in [3.8, 4) is 6.07 Å². The summed E-state index contributed by atoms with van der Waals surface area (Å²) >= 11 is 6.05. The highest BCUT2D eigenvalue weighted by Crippen LogP contribution is 2.37. The molecule has 9 heteroatoms. The molecule has 3 rings (SSSR count). The quantitative estimate of drug-likeness (QED) is 0.544. The van der Waals surface area contributed by atoms with E-state index in [0.29, 0.717) is 33.6 Å². The Hall–Kier alpha value is -3.02. The number of carbonyl (C=O) groups excluding carboxylic acids is 1. The summed E-state index contributed by atoms with van der Waals surface area (Å²) in [6, 6.07) is 15.9. The Kier molecular flexibility index (Phi) is 6.06. The Morgan fingerprint density at radius 3 is 2.50 bits per heavy atom. The van der Waals surface area contributed by atoms with Gasteiger partial charge in [0.2, 0.25) is 10.0 Å². The molecule has 0 aliphatic heterocycles. The largest absolute Gasteiger partial charge is 0.341 e. The highest BCUT2D eigenvalue weighted by Gasteiger charge is 2.41. The second kappa shape index (κ2) is 8.38. The van der Waals surface area contributed by atoms with Gasteiger partial charge in [-0.3, -0.25) is 9.52 Å². The number of rotatable bonds is 7. The second-order valence-corrected chi connectivity index (χ2v) is 9.04. The lowest BCUT2D eigenvalue weighted by molar-refractivity contribution is -0.127. The summed E-state index contributed by atoms with van der Waals surface area (Å²) in [6.07, 6.45) is 3.23. The fraction of sp³-hybridized carbons (Fsp3) is 0.238. The Labute approximate surface area is 180 Å². The molecular formula is C21H21ClN4O3S. The maximum atomic E-state index is 13.4. The van der Waals surface area contributed by atoms with Gasteiger partial charge in [-0.1, -0.05) is 36.7 Å². The predicted octanol–water partition coefficient (Wildman–Crippen LogP) is 3.46. The van der Waals surface area contributed by atoms with Crippen molar-refractivity contribution in [2.24, 2.45) is 0 Å². The molecule has 0 saturated carbocycles. The molecule has 0 saturated heterocycles. The zero-order chi connectivity index (χ0) is 21.9. The number of hydrogen-bond donors (Lipinski definition) is 2. The van der Waals surface area contributed by atoms with Crippen LogP contribution in [0.15, 0.2) is 54.7 Å². The van der Waals surface area contributed by atoms with Crippen LogP contribution in [-0.2, 0) is 20.4 Å². The molecule has 0 fully saturated rings. The van der Waals surface area contributed by atoms with Crippen molar-refractivity contribution >= 4 is 44.1 Å². The van der Waals surface area contributed by atoms with Crippen LogP contribution in [0.2, 0.25) is 5.02 Å². The fourth-order valence-corrected chi connectivity index (χ4v) is 4.40. The number of fused-ring (bicyclic) bond motifs is 1. The maximum absolute atomic E-state index is 13.4. The van der Waals surface area contributed by atoms with E-state index in [1.54, 1.807) is 48.7 Å². The van der Waals surface area contributed by atoms with Gasteiger partial charge in [-0.25, -0.2) is 8.42 Å². The van der Waals surface area contributed by atoms with Crippen LogP contribution < -0.4 is 10.0 Å². The molecule has 30 heavy (non-hydrogen) atoms. The minimum absolute atomic E-state index is 0.131. The van der Waals surface area contributed by atoms with Crippen LogP contribution in [0, 0.1) is 11.3 Å². The summed E-state index contributed by atoms with van der Waals surface area (Å²) in [5, 5.41) is 12.8. The maximum Gasteiger partial charge on any atom is 0.251 e. The summed E-state index contributed by atoms with van der Waals surface area (Å²) in [6.45, 7) is 1.75. The van der Waals surface area contributed by atoms with Gasteiger partial charge in [0.05, 0.1) is 23.5 Å². The van der Waals surface area contributed by atoms with Gasteiger partial charge < -0.3 is 9.88 Å². The number of amides is 1. The fourth-order valence-electron chi connectivity index (χ4n) is 3.70. The predicted molar refractivity (Wildman–Crippen MR) is 118 cm³/mol. The van der Waals surface area contributed by atoms with Crippen LogP contribution in [0.25, 0.3) is 10.9 Å². The van der Waals surface area contributed by atoms with Crippen molar-refractivity contribution in [3.05, 3.63) is 65.3 Å². The van der Waals surface area contributed by atoms with E-state index in [9.17, 15) is 13.2 Å². The van der Waals surface area contributed by atoms with Gasteiger partial charge in [0, 0.05) is 16.6 Å². The van der Waals surface area contributed by atoms with E-state index < -0.39 is 15.6 Å². The smallest absolute Gasteiger partial charge is 0.251 e. The van der Waals surface area contributed by atoms with Gasteiger partial charge in [-0.15, -0.1) is 0 Å². The lowest BCUT2D eigenvalue weighted by Crippen LogP contribution is -2.49. The first-order valence-corrected chi connectivity index (χ1v) is 11.5. The molecule has 0 spiro atoms. The van der Waals surface area contributed by atoms with E-state index in [4.69, 9.17) is 16.9 Å². The number of sulfonamides is 1. The van der Waals surface area contributed by atoms with Crippen LogP contribution in [0.5, 0.6) is 0 Å². The Balaban J connectivity index is 2.27. The molecule has 2 aromatic carbocycles. The topological polar surface area (TPSA) is 104 Å². The lowest BCUT2D eigenvalue weighted by atomic mass is 9.85. The molecule has 156 valence electrons. The number of anilines is 1. The van der Waals surface area contributed by atoms with Gasteiger partial charge in [-0.05, 0) is 42.3 Å². The third kappa shape index (κ3) is 3.99. The monoisotopic (exact) mass is 444 g/mol. The van der Waals surface area contributed by atoms with E-state index in [0.717, 1.165) is 6.26 Å². The number of benzene rings is 2. The molecule has 1 unspecified atom stereocenters. The average Bonchev–Trinajstić information content (AvgIpc) is 3.13. The SMILES string of the molecule is CCC(C(=O)NCC#N)(c1ccc(Cl)cc1)n1ccc2c(NS(C)(=O)=O)cccc21. The minimum atomic E-state index is -3.47. The van der Waals surface area contributed by atoms with Gasteiger partial charge in [-0.2, -0.15) is 5.26 Å². The number of nitrogens with one attached hydrogen (secondary N) is 2. The molecule has 1 amide bonds. The number of halogens is 1. The minimum Gasteiger partial charge on any atom is -0.341 e. The molecule has 1 aromatic heterocycles. The Morgan fingerprint density at radius 1 is 1.20 bits per heavy atom. The van der Waals surface area contributed by atoms with Crippen molar-refractivity contribution in [3.63, 3.8) is 0 Å². The average molecular weight is 445 g/mol. The highest BCUT2D eigenvalue weighted by molar-refractivity contribution is 7.92. The third-order valence-electron chi connectivity index (χ3n) is 4.98. The normalized spacial score (nSPS) is 13.4. The first-order chi connectivity index (χ1) is 14.2. The van der Waals surface area contributed by atoms with Crippen molar-refractivity contribution in [2.45, 2.75) is 18.9 Å². The van der Waals surface area contributed by atoms with Gasteiger partial charge in [0.1, 0.15) is 12.1 Å². The number of aromatic nitrogens is 1. The summed E-state index contributed by atoms with van der Waals surface area (Å²) in [7, 11) is -3.47.